The van der Waals surface area contributed by atoms with E-state index in [1.54, 1.807) is 32.9 Å². The predicted octanol–water partition coefficient (Wildman–Crippen LogP) is 3.96. The fourth-order valence-electron chi connectivity index (χ4n) is 3.12. The molecule has 2 aromatic rings. The van der Waals surface area contributed by atoms with E-state index in [9.17, 15) is 0 Å². The average Bonchev–Trinajstić information content (AvgIpc) is 3.17. The summed E-state index contributed by atoms with van der Waals surface area (Å²) < 4.78 is 14.5. The Morgan fingerprint density at radius 3 is 1.48 bits per heavy atom. The molecule has 0 saturated carbocycles. The molecule has 2 heterocycles. The molecule has 0 atom stereocenters. The van der Waals surface area contributed by atoms with E-state index >= 15 is 0 Å². The van der Waals surface area contributed by atoms with Gasteiger partial charge >= 0.3 is 181 Å². The van der Waals surface area contributed by atoms with Gasteiger partial charge in [0, 0.05) is 0 Å². The normalized spacial score (nSPS) is 18.1. The number of rotatable bonds is 4. The number of ether oxygens (including phenoxy) is 2. The molecule has 0 aromatic heterocycles. The van der Waals surface area contributed by atoms with E-state index in [4.69, 9.17) is 9.47 Å². The molecule has 0 N–H and O–H groups in total. The molecule has 2 aromatic carbocycles. The summed E-state index contributed by atoms with van der Waals surface area (Å²) >= 11 is 1.23. The third-order valence-corrected chi connectivity index (χ3v) is 61.2. The zero-order valence-electron chi connectivity index (χ0n) is 16.3. The van der Waals surface area contributed by atoms with Gasteiger partial charge in [0.2, 0.25) is 0 Å². The van der Waals surface area contributed by atoms with Gasteiger partial charge in [-0.05, 0) is 0 Å². The Balaban J connectivity index is 1.74. The van der Waals surface area contributed by atoms with Crippen molar-refractivity contribution < 1.29 is 9.47 Å². The third kappa shape index (κ3) is 3.85. The maximum absolute atomic E-state index is 5.63. The molecule has 0 amide bonds. The predicted molar refractivity (Wildman–Crippen MR) is 122 cm³/mol. The van der Waals surface area contributed by atoms with Crippen LogP contribution in [0.2, 0.25) is 0 Å². The van der Waals surface area contributed by atoms with Crippen molar-refractivity contribution in [2.24, 2.45) is 0 Å². The first kappa shape index (κ1) is 20.8. The first-order valence-electron chi connectivity index (χ1n) is 8.90. The number of hydrogen-bond acceptors (Lipinski definition) is 4. The molecule has 27 heavy (non-hydrogen) atoms. The Bertz CT molecular complexity index is 829. The first-order valence-corrected chi connectivity index (χ1v) is 29.1. The number of fused-ring (bicyclic) bond motifs is 2. The average molecular weight is 646 g/mol. The molecule has 0 saturated heterocycles. The molecule has 4 rings (SSSR count). The second-order valence-electron chi connectivity index (χ2n) is 7.14. The fraction of sp³-hybridized carbons (Fsp3) is 0.400. The monoisotopic (exact) mass is 650 g/mol. The second-order valence-corrected chi connectivity index (χ2v) is 63.1. The molecule has 0 radical (unpaired) electrons. The van der Waals surface area contributed by atoms with Gasteiger partial charge in [-0.25, -0.2) is 0 Å². The van der Waals surface area contributed by atoms with Crippen LogP contribution in [0.15, 0.2) is 34.1 Å². The topological polar surface area (TPSA) is 18.5 Å². The molecule has 0 aliphatic carbocycles. The molecule has 2 aliphatic heterocycles. The molecule has 7 heteroatoms. The summed E-state index contributed by atoms with van der Waals surface area (Å²) in [5.74, 6) is 3.17. The quantitative estimate of drug-likeness (QED) is 0.469. The standard InChI is InChI=1S/C20H24O2S2Se2Te/c1-11(2)15-7-13(21-5)9-17-19(15)23-27(25-17)24-20-16(12(3)4)8-14(22-6)10-18(20)26-27/h7-12H,1-6H3. The number of methoxy groups -OCH3 is 2. The van der Waals surface area contributed by atoms with Crippen molar-refractivity contribution in [2.75, 3.05) is 14.2 Å². The van der Waals surface area contributed by atoms with Crippen LogP contribution in [-0.2, 0) is 0 Å². The van der Waals surface area contributed by atoms with Crippen molar-refractivity contribution in [1.29, 1.82) is 0 Å². The van der Waals surface area contributed by atoms with Crippen LogP contribution in [-0.4, -0.2) is 48.7 Å². The van der Waals surface area contributed by atoms with Gasteiger partial charge < -0.3 is 0 Å². The van der Waals surface area contributed by atoms with Gasteiger partial charge in [-0.2, -0.15) is 0 Å². The minimum atomic E-state index is -2.10. The van der Waals surface area contributed by atoms with Gasteiger partial charge in [0.15, 0.2) is 0 Å². The van der Waals surface area contributed by atoms with Crippen molar-refractivity contribution in [3.05, 3.63) is 35.4 Å². The summed E-state index contributed by atoms with van der Waals surface area (Å²) in [7, 11) is 6.14. The van der Waals surface area contributed by atoms with Crippen LogP contribution >= 0.6 is 18.0 Å². The van der Waals surface area contributed by atoms with Crippen molar-refractivity contribution in [3.8, 4) is 11.5 Å². The molecule has 0 fully saturated rings. The van der Waals surface area contributed by atoms with Gasteiger partial charge in [0.1, 0.15) is 0 Å². The van der Waals surface area contributed by atoms with E-state index < -0.39 is 11.0 Å². The molecule has 1 spiro atoms. The van der Waals surface area contributed by atoms with E-state index in [-0.39, 0.29) is 0 Å². The fourth-order valence-corrected chi connectivity index (χ4v) is 75.3. The first-order chi connectivity index (χ1) is 12.9. The van der Waals surface area contributed by atoms with E-state index in [2.05, 4.69) is 69.9 Å². The Morgan fingerprint density at radius 2 is 1.15 bits per heavy atom. The SMILES string of the molecule is COc1cc2c(c(C(C)C)c1)S[Te]1(Sc3c(cc(OC)cc3C(C)C)[Se]1)[Se]2. The zero-order chi connectivity index (χ0) is 19.3. The summed E-state index contributed by atoms with van der Waals surface area (Å²) in [5, 5.41) is 0. The number of benzene rings is 2. The summed E-state index contributed by atoms with van der Waals surface area (Å²) in [6, 6.07) is 9.21. The molecule has 2 aliphatic rings. The van der Waals surface area contributed by atoms with Crippen molar-refractivity contribution in [1.82, 2.24) is 0 Å². The molecular weight excluding hydrogens is 622 g/mol. The van der Waals surface area contributed by atoms with Gasteiger partial charge in [-0.3, -0.25) is 0 Å². The van der Waals surface area contributed by atoms with E-state index in [1.165, 1.54) is 11.1 Å². The van der Waals surface area contributed by atoms with Crippen LogP contribution < -0.4 is 18.4 Å². The summed E-state index contributed by atoms with van der Waals surface area (Å²) in [6.45, 7) is 9.24. The molecule has 0 unspecified atom stereocenters. The summed E-state index contributed by atoms with van der Waals surface area (Å²) in [6.07, 6.45) is 0. The van der Waals surface area contributed by atoms with E-state index in [0.29, 0.717) is 35.4 Å². The second kappa shape index (κ2) is 8.01. The Kier molecular flexibility index (Phi) is 6.18. The van der Waals surface area contributed by atoms with Crippen molar-refractivity contribution in [2.45, 2.75) is 49.3 Å². The molecular formula is C20H24O2S2Se2Te. The van der Waals surface area contributed by atoms with Crippen LogP contribution in [0.4, 0.5) is 0 Å². The number of hydrogen-bond donors (Lipinski definition) is 0. The van der Waals surface area contributed by atoms with Gasteiger partial charge in [0.25, 0.3) is 0 Å². The Labute approximate surface area is 179 Å². The molecule has 0 bridgehead atoms. The van der Waals surface area contributed by atoms with Gasteiger partial charge in [-0.1, -0.05) is 0 Å². The minimum absolute atomic E-state index is 0.544. The maximum atomic E-state index is 5.63. The van der Waals surface area contributed by atoms with Crippen LogP contribution in [0, 0.1) is 0 Å². The Hall–Kier alpha value is 0.569. The summed E-state index contributed by atoms with van der Waals surface area (Å²) in [4.78, 5) is 3.21. The van der Waals surface area contributed by atoms with Gasteiger partial charge in [-0.15, -0.1) is 0 Å². The van der Waals surface area contributed by atoms with Crippen LogP contribution in [0.25, 0.3) is 0 Å². The zero-order valence-corrected chi connectivity index (χ0v) is 23.7. The Morgan fingerprint density at radius 1 is 0.741 bits per heavy atom. The molecule has 146 valence electrons. The van der Waals surface area contributed by atoms with Crippen LogP contribution in [0.3, 0.4) is 0 Å². The summed E-state index contributed by atoms with van der Waals surface area (Å²) in [5.41, 5.74) is 2.99. The van der Waals surface area contributed by atoms with Crippen LogP contribution in [0.1, 0.15) is 50.7 Å². The van der Waals surface area contributed by atoms with Crippen LogP contribution in [0.5, 0.6) is 11.5 Å². The van der Waals surface area contributed by atoms with E-state index in [1.807, 2.05) is 0 Å². The van der Waals surface area contributed by atoms with Crippen molar-refractivity contribution >= 4 is 61.4 Å². The third-order valence-electron chi connectivity index (χ3n) is 4.58. The molecule has 2 nitrogen and oxygen atoms in total. The van der Waals surface area contributed by atoms with Gasteiger partial charge in [0.05, 0.1) is 0 Å². The van der Waals surface area contributed by atoms with Crippen molar-refractivity contribution in [3.63, 3.8) is 0 Å². The van der Waals surface area contributed by atoms with E-state index in [0.717, 1.165) is 11.5 Å².